The van der Waals surface area contributed by atoms with Crippen LogP contribution in [0, 0.1) is 5.53 Å². The number of nitrogens with zero attached hydrogens (tertiary/aromatic N) is 2. The van der Waals surface area contributed by atoms with Crippen molar-refractivity contribution in [2.75, 3.05) is 0 Å². The van der Waals surface area contributed by atoms with Crippen LogP contribution in [0.15, 0.2) is 5.11 Å². The van der Waals surface area contributed by atoms with Crippen LogP contribution in [0.4, 0.5) is 0 Å². The average molecular weight is 144 g/mol. The maximum atomic E-state index is 10.2. The molecule has 0 bridgehead atoms. The second-order valence-corrected chi connectivity index (χ2v) is 1.86. The van der Waals surface area contributed by atoms with Crippen molar-refractivity contribution in [2.45, 2.75) is 25.8 Å². The summed E-state index contributed by atoms with van der Waals surface area (Å²) in [6.07, 6.45) is 1.17. The predicted molar refractivity (Wildman–Crippen MR) is 33.6 cm³/mol. The Morgan fingerprint density at radius 2 is 2.50 bits per heavy atom. The van der Waals surface area contributed by atoms with E-state index >= 15 is 0 Å². The summed E-state index contributed by atoms with van der Waals surface area (Å²) in [6.45, 7) is 1.86. The van der Waals surface area contributed by atoms with Crippen molar-refractivity contribution in [2.24, 2.45) is 5.11 Å². The van der Waals surface area contributed by atoms with Crippen LogP contribution in [0.5, 0.6) is 0 Å². The quantitative estimate of drug-likeness (QED) is 0.451. The van der Waals surface area contributed by atoms with Gasteiger partial charge in [0.1, 0.15) is 10.6 Å². The van der Waals surface area contributed by atoms with E-state index in [1.165, 1.54) is 0 Å². The van der Waals surface area contributed by atoms with Crippen LogP contribution >= 0.6 is 0 Å². The Morgan fingerprint density at radius 1 is 1.90 bits per heavy atom. The van der Waals surface area contributed by atoms with Crippen molar-refractivity contribution in [3.05, 3.63) is 0 Å². The molecule has 1 unspecified atom stereocenters. The van der Waals surface area contributed by atoms with E-state index < -0.39 is 12.0 Å². The Labute approximate surface area is 58.3 Å². The summed E-state index contributed by atoms with van der Waals surface area (Å²) < 4.78 is 0. The van der Waals surface area contributed by atoms with Crippen LogP contribution in [0.3, 0.4) is 0 Å². The molecule has 56 valence electrons. The first-order valence-electron chi connectivity index (χ1n) is 3.01. The number of nitrogens with one attached hydrogen (secondary N) is 1. The topological polar surface area (TPSA) is 87.6 Å². The number of rotatable bonds is 4. The molecule has 5 heteroatoms. The van der Waals surface area contributed by atoms with Gasteiger partial charge in [0.15, 0.2) is 0 Å². The molecular weight excluding hydrogens is 134 g/mol. The minimum absolute atomic E-state index is 0.442. The highest BCUT2D eigenvalue weighted by Gasteiger charge is 2.19. The van der Waals surface area contributed by atoms with E-state index in [0.717, 1.165) is 6.42 Å². The summed E-state index contributed by atoms with van der Waals surface area (Å²) in [5.41, 5.74) is 6.30. The largest absolute Gasteiger partial charge is 0.479 e. The average Bonchev–Trinajstić information content (AvgIpc) is 1.87. The summed E-state index contributed by atoms with van der Waals surface area (Å²) in [5, 5.41) is 11.6. The van der Waals surface area contributed by atoms with E-state index in [1.807, 2.05) is 6.92 Å². The number of carbonyl (C=O) groups is 1. The summed E-state index contributed by atoms with van der Waals surface area (Å²) in [5.74, 6) is -1.02. The highest BCUT2D eigenvalue weighted by atomic mass is 16.4. The monoisotopic (exact) mass is 144 g/mol. The van der Waals surface area contributed by atoms with Crippen molar-refractivity contribution >= 4 is 5.97 Å². The molecule has 5 nitrogen and oxygen atoms in total. The lowest BCUT2D eigenvalue weighted by Crippen LogP contribution is -2.17. The number of aliphatic carboxylic acids is 1. The molecule has 0 aromatic carbocycles. The van der Waals surface area contributed by atoms with E-state index in [1.54, 1.807) is 0 Å². The molecule has 1 atom stereocenters. The van der Waals surface area contributed by atoms with Gasteiger partial charge in [0, 0.05) is 0 Å². The van der Waals surface area contributed by atoms with Crippen LogP contribution in [0.1, 0.15) is 19.8 Å². The summed E-state index contributed by atoms with van der Waals surface area (Å²) in [4.78, 5) is 12.9. The molecule has 0 aliphatic rings. The van der Waals surface area contributed by atoms with Crippen molar-refractivity contribution in [3.63, 3.8) is 0 Å². The molecule has 0 amide bonds. The van der Waals surface area contributed by atoms with Crippen LogP contribution in [-0.4, -0.2) is 17.1 Å². The maximum absolute atomic E-state index is 10.2. The van der Waals surface area contributed by atoms with Crippen LogP contribution < -0.4 is 4.91 Å². The lowest BCUT2D eigenvalue weighted by Gasteiger charge is -1.94. The van der Waals surface area contributed by atoms with E-state index in [4.69, 9.17) is 10.6 Å². The standard InChI is InChI=1S/C5H9N3O2/c1-2-3-4(5(9)10)7-8-6/h4,6H,2-3H2,1H3/p+1. The van der Waals surface area contributed by atoms with Gasteiger partial charge in [-0.15, -0.1) is 0 Å². The van der Waals surface area contributed by atoms with E-state index in [-0.39, 0.29) is 0 Å². The molecule has 0 aliphatic heterocycles. The van der Waals surface area contributed by atoms with Gasteiger partial charge >= 0.3 is 5.97 Å². The number of carboxylic acids is 1. The third kappa shape index (κ3) is 2.94. The fourth-order valence-corrected chi connectivity index (χ4v) is 0.574. The third-order valence-electron chi connectivity index (χ3n) is 1.04. The fourth-order valence-electron chi connectivity index (χ4n) is 0.574. The van der Waals surface area contributed by atoms with Crippen LogP contribution in [0.2, 0.25) is 0 Å². The molecule has 10 heavy (non-hydrogen) atoms. The maximum Gasteiger partial charge on any atom is 0.336 e. The van der Waals surface area contributed by atoms with E-state index in [9.17, 15) is 4.79 Å². The van der Waals surface area contributed by atoms with Gasteiger partial charge in [-0.25, -0.2) is 4.79 Å². The lowest BCUT2D eigenvalue weighted by atomic mass is 10.2. The van der Waals surface area contributed by atoms with Gasteiger partial charge in [-0.2, -0.15) is 0 Å². The van der Waals surface area contributed by atoms with Gasteiger partial charge in [0.25, 0.3) is 0 Å². The minimum atomic E-state index is -1.02. The van der Waals surface area contributed by atoms with Gasteiger partial charge in [-0.3, -0.25) is 0 Å². The summed E-state index contributed by atoms with van der Waals surface area (Å²) in [6, 6.07) is -0.831. The second kappa shape index (κ2) is 4.64. The number of hydrogen-bond donors (Lipinski definition) is 2. The van der Waals surface area contributed by atoms with Crippen molar-refractivity contribution < 1.29 is 9.90 Å². The minimum Gasteiger partial charge on any atom is -0.479 e. The van der Waals surface area contributed by atoms with Gasteiger partial charge < -0.3 is 5.11 Å². The zero-order valence-electron chi connectivity index (χ0n) is 5.74. The molecule has 0 spiro atoms. The highest BCUT2D eigenvalue weighted by Crippen LogP contribution is 1.99. The summed E-state index contributed by atoms with van der Waals surface area (Å²) >= 11 is 0. The van der Waals surface area contributed by atoms with Gasteiger partial charge in [0.05, 0.1) is 0 Å². The third-order valence-corrected chi connectivity index (χ3v) is 1.04. The first kappa shape index (κ1) is 8.78. The normalized spacial score (nSPS) is 11.7. The molecule has 0 rings (SSSR count). The smallest absolute Gasteiger partial charge is 0.336 e. The van der Waals surface area contributed by atoms with E-state index in [0.29, 0.717) is 6.42 Å². The number of hydrogen-bond acceptors (Lipinski definition) is 3. The first-order chi connectivity index (χ1) is 4.72. The Kier molecular flexibility index (Phi) is 4.07. The van der Waals surface area contributed by atoms with Gasteiger partial charge in [0.2, 0.25) is 11.0 Å². The Hall–Kier alpha value is -1.22. The zero-order chi connectivity index (χ0) is 7.98. The molecule has 0 aromatic rings. The Balaban J connectivity index is 3.97. The van der Waals surface area contributed by atoms with Crippen molar-refractivity contribution in [1.82, 2.24) is 4.91 Å². The van der Waals surface area contributed by atoms with Crippen molar-refractivity contribution in [1.29, 1.82) is 5.53 Å². The van der Waals surface area contributed by atoms with Crippen LogP contribution in [0.25, 0.3) is 0 Å². The predicted octanol–water partition coefficient (Wildman–Crippen LogP) is 0.790. The van der Waals surface area contributed by atoms with Crippen LogP contribution in [-0.2, 0) is 4.79 Å². The fraction of sp³-hybridized carbons (Fsp3) is 0.800. The van der Waals surface area contributed by atoms with Gasteiger partial charge in [-0.1, -0.05) is 13.3 Å². The molecule has 0 radical (unpaired) electrons. The molecule has 0 aliphatic carbocycles. The molecule has 0 heterocycles. The summed E-state index contributed by atoms with van der Waals surface area (Å²) in [7, 11) is 0. The molecule has 0 saturated heterocycles. The highest BCUT2D eigenvalue weighted by molar-refractivity contribution is 5.73. The SMILES string of the molecule is CCCC(N=[N+]=N)C(=O)O. The molecule has 2 N–H and O–H groups in total. The Bertz CT molecular complexity index is 160. The lowest BCUT2D eigenvalue weighted by molar-refractivity contribution is -0.138. The molecule has 0 aromatic heterocycles. The van der Waals surface area contributed by atoms with E-state index in [2.05, 4.69) is 10.0 Å². The van der Waals surface area contributed by atoms with Crippen molar-refractivity contribution in [3.8, 4) is 0 Å². The Morgan fingerprint density at radius 3 is 2.80 bits per heavy atom. The zero-order valence-corrected chi connectivity index (χ0v) is 5.74. The first-order valence-corrected chi connectivity index (χ1v) is 3.01. The second-order valence-electron chi connectivity index (χ2n) is 1.86. The van der Waals surface area contributed by atoms with Gasteiger partial charge in [-0.05, 0) is 6.42 Å². The molecule has 0 saturated carbocycles. The molecule has 0 fully saturated rings. The number of carboxylic acid groups (broad SMARTS) is 1. The molecular formula is C5H10N3O2+.